The van der Waals surface area contributed by atoms with Crippen molar-refractivity contribution in [2.24, 2.45) is 5.92 Å². The van der Waals surface area contributed by atoms with Gasteiger partial charge in [0.05, 0.1) is 0 Å². The molecule has 1 aliphatic carbocycles. The fourth-order valence-corrected chi connectivity index (χ4v) is 3.19. The van der Waals surface area contributed by atoms with Gasteiger partial charge in [0.25, 0.3) is 0 Å². The second-order valence-corrected chi connectivity index (χ2v) is 5.01. The fraction of sp³-hybridized carbons (Fsp3) is 0.909. The van der Waals surface area contributed by atoms with Crippen molar-refractivity contribution in [3.8, 4) is 0 Å². The smallest absolute Gasteiger partial charge is 0.323 e. The summed E-state index contributed by atoms with van der Waals surface area (Å²) in [5.74, 6) is -0.0377. The molecule has 1 aliphatic heterocycles. The number of nitrogens with zero attached hydrogens (tertiary/aromatic N) is 1. The number of hydrogen-bond acceptors (Lipinski definition) is 2. The molecule has 1 saturated heterocycles. The van der Waals surface area contributed by atoms with Crippen LogP contribution in [0.2, 0.25) is 0 Å². The molecule has 0 aromatic heterocycles. The summed E-state index contributed by atoms with van der Waals surface area (Å²) in [6.07, 6.45) is 5.79. The number of carbonyl (C=O) groups is 1. The van der Waals surface area contributed by atoms with Crippen LogP contribution in [0.15, 0.2) is 0 Å². The molecular weight excluding hydrogens is 178 g/mol. The van der Waals surface area contributed by atoms with Crippen LogP contribution in [-0.2, 0) is 4.79 Å². The van der Waals surface area contributed by atoms with Crippen molar-refractivity contribution >= 4 is 5.97 Å². The minimum Gasteiger partial charge on any atom is -0.480 e. The number of fused-ring (bicyclic) bond motifs is 1. The van der Waals surface area contributed by atoms with Gasteiger partial charge in [0.2, 0.25) is 0 Å². The summed E-state index contributed by atoms with van der Waals surface area (Å²) in [5.41, 5.74) is -0.611. The summed E-state index contributed by atoms with van der Waals surface area (Å²) < 4.78 is 0. The van der Waals surface area contributed by atoms with Crippen molar-refractivity contribution in [3.05, 3.63) is 0 Å². The predicted octanol–water partition coefficient (Wildman–Crippen LogP) is 1.72. The van der Waals surface area contributed by atoms with E-state index in [0.29, 0.717) is 12.0 Å². The van der Waals surface area contributed by atoms with Crippen LogP contribution in [0.25, 0.3) is 0 Å². The first kappa shape index (κ1) is 9.97. The Balaban J connectivity index is 2.21. The summed E-state index contributed by atoms with van der Waals surface area (Å²) >= 11 is 0. The summed E-state index contributed by atoms with van der Waals surface area (Å²) in [6, 6.07) is 0.518. The Bertz CT molecular complexity index is 254. The van der Waals surface area contributed by atoms with Crippen LogP contribution in [-0.4, -0.2) is 34.6 Å². The molecule has 1 N–H and O–H groups in total. The molecule has 0 amide bonds. The standard InChI is InChI=1S/C11H19NO2/c1-11(10(13)14)7-8-5-3-4-6-9(8)12(11)2/h8-9H,3-7H2,1-2H3,(H,13,14)/t8-,9-,11-/m0/s1. The molecule has 80 valence electrons. The molecule has 14 heavy (non-hydrogen) atoms. The van der Waals surface area contributed by atoms with E-state index in [0.717, 1.165) is 6.42 Å². The Morgan fingerprint density at radius 3 is 2.64 bits per heavy atom. The van der Waals surface area contributed by atoms with E-state index < -0.39 is 11.5 Å². The first-order valence-electron chi connectivity index (χ1n) is 5.52. The number of carboxylic acids is 1. The molecule has 2 fully saturated rings. The van der Waals surface area contributed by atoms with Gasteiger partial charge in [-0.2, -0.15) is 0 Å². The van der Waals surface area contributed by atoms with Gasteiger partial charge >= 0.3 is 5.97 Å². The summed E-state index contributed by atoms with van der Waals surface area (Å²) in [7, 11) is 1.98. The molecule has 3 nitrogen and oxygen atoms in total. The molecule has 1 saturated carbocycles. The van der Waals surface area contributed by atoms with Gasteiger partial charge in [-0.1, -0.05) is 12.8 Å². The van der Waals surface area contributed by atoms with Gasteiger partial charge in [0, 0.05) is 6.04 Å². The molecule has 0 radical (unpaired) electrons. The maximum absolute atomic E-state index is 11.2. The highest BCUT2D eigenvalue weighted by molar-refractivity contribution is 5.78. The molecule has 0 aromatic rings. The van der Waals surface area contributed by atoms with Gasteiger partial charge in [0.1, 0.15) is 5.54 Å². The van der Waals surface area contributed by atoms with E-state index in [-0.39, 0.29) is 0 Å². The summed E-state index contributed by atoms with van der Waals surface area (Å²) in [6.45, 7) is 1.87. The van der Waals surface area contributed by atoms with E-state index in [1.165, 1.54) is 25.7 Å². The highest BCUT2D eigenvalue weighted by atomic mass is 16.4. The van der Waals surface area contributed by atoms with Gasteiger partial charge in [-0.25, -0.2) is 0 Å². The zero-order valence-corrected chi connectivity index (χ0v) is 8.99. The van der Waals surface area contributed by atoms with Crippen molar-refractivity contribution in [3.63, 3.8) is 0 Å². The first-order valence-corrected chi connectivity index (χ1v) is 5.52. The molecule has 3 heteroatoms. The third kappa shape index (κ3) is 1.26. The first-order chi connectivity index (χ1) is 6.55. The second-order valence-electron chi connectivity index (χ2n) is 5.01. The Hall–Kier alpha value is -0.570. The van der Waals surface area contributed by atoms with Gasteiger partial charge in [-0.05, 0) is 39.2 Å². The molecule has 2 rings (SSSR count). The number of likely N-dealkylation sites (tertiary alicyclic amines) is 1. The lowest BCUT2D eigenvalue weighted by molar-refractivity contribution is -0.148. The van der Waals surface area contributed by atoms with Gasteiger partial charge in [-0.3, -0.25) is 9.69 Å². The molecule has 0 aromatic carbocycles. The van der Waals surface area contributed by atoms with Crippen LogP contribution in [0.4, 0.5) is 0 Å². The lowest BCUT2D eigenvalue weighted by Crippen LogP contribution is -2.48. The van der Waals surface area contributed by atoms with Crippen LogP contribution >= 0.6 is 0 Å². The van der Waals surface area contributed by atoms with Crippen LogP contribution < -0.4 is 0 Å². The molecule has 2 aliphatic rings. The minimum absolute atomic E-state index is 0.518. The number of likely N-dealkylation sites (N-methyl/N-ethyl adjacent to an activating group) is 1. The average molecular weight is 197 g/mol. The van der Waals surface area contributed by atoms with E-state index in [1.54, 1.807) is 0 Å². The number of rotatable bonds is 1. The molecule has 0 bridgehead atoms. The largest absolute Gasteiger partial charge is 0.480 e. The maximum atomic E-state index is 11.2. The lowest BCUT2D eigenvalue weighted by Gasteiger charge is -2.33. The second kappa shape index (κ2) is 3.23. The van der Waals surface area contributed by atoms with Crippen LogP contribution in [0.3, 0.4) is 0 Å². The van der Waals surface area contributed by atoms with Gasteiger partial charge in [-0.15, -0.1) is 0 Å². The van der Waals surface area contributed by atoms with E-state index in [1.807, 2.05) is 14.0 Å². The van der Waals surface area contributed by atoms with E-state index in [9.17, 15) is 9.90 Å². The fourth-order valence-electron chi connectivity index (χ4n) is 3.19. The highest BCUT2D eigenvalue weighted by Crippen LogP contribution is 2.43. The lowest BCUT2D eigenvalue weighted by atomic mass is 9.83. The van der Waals surface area contributed by atoms with E-state index in [4.69, 9.17) is 0 Å². The summed E-state index contributed by atoms with van der Waals surface area (Å²) in [4.78, 5) is 13.3. The molecule has 1 heterocycles. The van der Waals surface area contributed by atoms with Crippen LogP contribution in [0, 0.1) is 5.92 Å². The Morgan fingerprint density at radius 1 is 1.43 bits per heavy atom. The highest BCUT2D eigenvalue weighted by Gasteiger charge is 2.51. The van der Waals surface area contributed by atoms with Crippen molar-refractivity contribution < 1.29 is 9.90 Å². The van der Waals surface area contributed by atoms with Crippen molar-refractivity contribution in [2.75, 3.05) is 7.05 Å². The number of hydrogen-bond donors (Lipinski definition) is 1. The molecule has 0 spiro atoms. The predicted molar refractivity (Wildman–Crippen MR) is 54.2 cm³/mol. The monoisotopic (exact) mass is 197 g/mol. The zero-order chi connectivity index (χ0) is 10.3. The van der Waals surface area contributed by atoms with Crippen LogP contribution in [0.1, 0.15) is 39.0 Å². The quantitative estimate of drug-likeness (QED) is 0.696. The molecular formula is C11H19NO2. The Labute approximate surface area is 85.1 Å². The van der Waals surface area contributed by atoms with Crippen molar-refractivity contribution in [2.45, 2.75) is 50.6 Å². The molecule has 3 atom stereocenters. The maximum Gasteiger partial charge on any atom is 0.323 e. The SMILES string of the molecule is CN1[C@H]2CCCC[C@H]2C[C@@]1(C)C(=O)O. The Kier molecular flexibility index (Phi) is 2.30. The van der Waals surface area contributed by atoms with E-state index >= 15 is 0 Å². The summed E-state index contributed by atoms with van der Waals surface area (Å²) in [5, 5.41) is 9.25. The van der Waals surface area contributed by atoms with Gasteiger partial charge < -0.3 is 5.11 Å². The average Bonchev–Trinajstić information content (AvgIpc) is 2.42. The third-order valence-electron chi connectivity index (χ3n) is 4.27. The molecule has 0 unspecified atom stereocenters. The van der Waals surface area contributed by atoms with Crippen molar-refractivity contribution in [1.29, 1.82) is 0 Å². The van der Waals surface area contributed by atoms with E-state index in [2.05, 4.69) is 4.90 Å². The minimum atomic E-state index is -0.658. The Morgan fingerprint density at radius 2 is 2.07 bits per heavy atom. The third-order valence-corrected chi connectivity index (χ3v) is 4.27. The topological polar surface area (TPSA) is 40.5 Å². The van der Waals surface area contributed by atoms with Gasteiger partial charge in [0.15, 0.2) is 0 Å². The zero-order valence-electron chi connectivity index (χ0n) is 8.99. The van der Waals surface area contributed by atoms with Crippen LogP contribution in [0.5, 0.6) is 0 Å². The normalized spacial score (nSPS) is 43.6. The number of carboxylic acid groups (broad SMARTS) is 1. The van der Waals surface area contributed by atoms with Crippen molar-refractivity contribution in [1.82, 2.24) is 4.90 Å². The number of aliphatic carboxylic acids is 1.